The normalized spacial score (nSPS) is 11.1. The number of hydrogen-bond donors (Lipinski definition) is 0. The number of nitrogens with zero attached hydrogens (tertiary/aromatic N) is 1. The fourth-order valence-corrected chi connectivity index (χ4v) is 2.21. The van der Waals surface area contributed by atoms with Gasteiger partial charge in [-0.25, -0.2) is 4.98 Å². The van der Waals surface area contributed by atoms with Crippen LogP contribution in [0.2, 0.25) is 0 Å². The molecule has 0 radical (unpaired) electrons. The quantitative estimate of drug-likeness (QED) is 0.682. The van der Waals surface area contributed by atoms with Gasteiger partial charge < -0.3 is 4.74 Å². The van der Waals surface area contributed by atoms with Crippen LogP contribution in [0.1, 0.15) is 18.2 Å². The molecule has 0 saturated heterocycles. The number of rotatable bonds is 4. The van der Waals surface area contributed by atoms with E-state index in [1.165, 1.54) is 5.56 Å². The van der Waals surface area contributed by atoms with E-state index in [0.717, 1.165) is 22.3 Å². The van der Waals surface area contributed by atoms with Crippen molar-refractivity contribution in [1.29, 1.82) is 0 Å². The predicted molar refractivity (Wildman–Crippen MR) is 88.3 cm³/mol. The molecule has 104 valence electrons. The average molecular weight is 275 g/mol. The zero-order chi connectivity index (χ0) is 14.5. The van der Waals surface area contributed by atoms with Gasteiger partial charge in [0.25, 0.3) is 0 Å². The molecule has 0 fully saturated rings. The van der Waals surface area contributed by atoms with E-state index >= 15 is 0 Å². The lowest BCUT2D eigenvalue weighted by atomic mass is 10.1. The molecule has 0 atom stereocenters. The van der Waals surface area contributed by atoms with Gasteiger partial charge in [0, 0.05) is 5.39 Å². The fourth-order valence-electron chi connectivity index (χ4n) is 2.21. The number of aromatic nitrogens is 1. The van der Waals surface area contributed by atoms with Crippen molar-refractivity contribution in [3.63, 3.8) is 0 Å². The summed E-state index contributed by atoms with van der Waals surface area (Å²) in [6.45, 7) is 2.66. The summed E-state index contributed by atoms with van der Waals surface area (Å²) >= 11 is 0. The van der Waals surface area contributed by atoms with Crippen molar-refractivity contribution >= 4 is 23.1 Å². The molecule has 0 aliphatic rings. The zero-order valence-electron chi connectivity index (χ0n) is 12.0. The smallest absolute Gasteiger partial charge is 0.120 e. The Labute approximate surface area is 124 Å². The summed E-state index contributed by atoms with van der Waals surface area (Å²) in [5.41, 5.74) is 3.11. The van der Waals surface area contributed by atoms with Gasteiger partial charge in [0.05, 0.1) is 17.8 Å². The minimum Gasteiger partial charge on any atom is -0.494 e. The molecule has 21 heavy (non-hydrogen) atoms. The maximum absolute atomic E-state index is 5.51. The second kappa shape index (κ2) is 6.23. The summed E-state index contributed by atoms with van der Waals surface area (Å²) in [5, 5.41) is 1.10. The van der Waals surface area contributed by atoms with Gasteiger partial charge in [0.2, 0.25) is 0 Å². The first-order valence-corrected chi connectivity index (χ1v) is 7.12. The molecule has 2 heteroatoms. The molecule has 1 heterocycles. The van der Waals surface area contributed by atoms with Gasteiger partial charge in [-0.05, 0) is 42.8 Å². The summed E-state index contributed by atoms with van der Waals surface area (Å²) in [6.07, 6.45) is 4.11. The largest absolute Gasteiger partial charge is 0.494 e. The molecule has 2 aromatic carbocycles. The van der Waals surface area contributed by atoms with E-state index in [2.05, 4.69) is 29.3 Å². The van der Waals surface area contributed by atoms with Crippen LogP contribution >= 0.6 is 0 Å². The molecule has 0 amide bonds. The molecular formula is C19H17NO. The summed E-state index contributed by atoms with van der Waals surface area (Å²) in [5.74, 6) is 0.888. The number of hydrogen-bond acceptors (Lipinski definition) is 2. The zero-order valence-corrected chi connectivity index (χ0v) is 12.0. The van der Waals surface area contributed by atoms with Crippen molar-refractivity contribution in [2.75, 3.05) is 6.61 Å². The lowest BCUT2D eigenvalue weighted by Gasteiger charge is -2.04. The topological polar surface area (TPSA) is 22.1 Å². The highest BCUT2D eigenvalue weighted by atomic mass is 16.5. The van der Waals surface area contributed by atoms with Gasteiger partial charge in [-0.1, -0.05) is 42.5 Å². The molecule has 0 bridgehead atoms. The van der Waals surface area contributed by atoms with E-state index in [0.29, 0.717) is 6.61 Å². The fraction of sp³-hybridized carbons (Fsp3) is 0.105. The van der Waals surface area contributed by atoms with Crippen molar-refractivity contribution < 1.29 is 4.74 Å². The summed E-state index contributed by atoms with van der Waals surface area (Å²) < 4.78 is 5.51. The molecule has 0 saturated carbocycles. The number of benzene rings is 2. The van der Waals surface area contributed by atoms with Crippen molar-refractivity contribution in [3.8, 4) is 5.75 Å². The first-order chi connectivity index (χ1) is 10.3. The van der Waals surface area contributed by atoms with Gasteiger partial charge in [-0.3, -0.25) is 0 Å². The van der Waals surface area contributed by atoms with E-state index in [1.54, 1.807) is 0 Å². The Morgan fingerprint density at radius 2 is 1.81 bits per heavy atom. The van der Waals surface area contributed by atoms with Crippen LogP contribution in [-0.4, -0.2) is 11.6 Å². The van der Waals surface area contributed by atoms with E-state index in [-0.39, 0.29) is 0 Å². The lowest BCUT2D eigenvalue weighted by Crippen LogP contribution is -1.91. The van der Waals surface area contributed by atoms with Crippen LogP contribution in [0.15, 0.2) is 60.7 Å². The Morgan fingerprint density at radius 3 is 2.62 bits per heavy atom. The molecule has 1 aromatic heterocycles. The third-order valence-electron chi connectivity index (χ3n) is 3.24. The Bertz CT molecular complexity index is 763. The SMILES string of the molecule is CCOc1ccc2nc(/C=C/c3ccccc3)ccc2c1. The maximum atomic E-state index is 5.51. The molecule has 3 rings (SSSR count). The van der Waals surface area contributed by atoms with Gasteiger partial charge in [0.15, 0.2) is 0 Å². The standard InChI is InChI=1S/C19H17NO/c1-2-21-18-12-13-19-16(14-18)9-11-17(20-19)10-8-15-6-4-3-5-7-15/h3-14H,2H2,1H3/b10-8+. The van der Waals surface area contributed by atoms with Gasteiger partial charge in [-0.2, -0.15) is 0 Å². The van der Waals surface area contributed by atoms with E-state index in [4.69, 9.17) is 4.74 Å². The Morgan fingerprint density at radius 1 is 0.952 bits per heavy atom. The molecule has 3 aromatic rings. The first kappa shape index (κ1) is 13.4. The molecule has 0 spiro atoms. The Balaban J connectivity index is 1.87. The van der Waals surface area contributed by atoms with E-state index < -0.39 is 0 Å². The second-order valence-corrected chi connectivity index (χ2v) is 4.77. The number of pyridine rings is 1. The van der Waals surface area contributed by atoms with Crippen molar-refractivity contribution in [2.24, 2.45) is 0 Å². The van der Waals surface area contributed by atoms with Crippen LogP contribution in [0.4, 0.5) is 0 Å². The van der Waals surface area contributed by atoms with E-state index in [1.807, 2.05) is 55.5 Å². The van der Waals surface area contributed by atoms with Crippen LogP contribution in [0.25, 0.3) is 23.1 Å². The Hall–Kier alpha value is -2.61. The third kappa shape index (κ3) is 3.29. The molecule has 0 aliphatic carbocycles. The summed E-state index contributed by atoms with van der Waals surface area (Å²) in [6, 6.07) is 20.3. The monoisotopic (exact) mass is 275 g/mol. The lowest BCUT2D eigenvalue weighted by molar-refractivity contribution is 0.340. The highest BCUT2D eigenvalue weighted by Crippen LogP contribution is 2.20. The molecular weight excluding hydrogens is 258 g/mol. The summed E-state index contributed by atoms with van der Waals surface area (Å²) in [4.78, 5) is 4.65. The molecule has 2 nitrogen and oxygen atoms in total. The van der Waals surface area contributed by atoms with Crippen LogP contribution in [-0.2, 0) is 0 Å². The van der Waals surface area contributed by atoms with Crippen LogP contribution < -0.4 is 4.74 Å². The van der Waals surface area contributed by atoms with Gasteiger partial charge in [0.1, 0.15) is 5.75 Å². The predicted octanol–water partition coefficient (Wildman–Crippen LogP) is 4.80. The second-order valence-electron chi connectivity index (χ2n) is 4.77. The first-order valence-electron chi connectivity index (χ1n) is 7.12. The van der Waals surface area contributed by atoms with Gasteiger partial charge in [-0.15, -0.1) is 0 Å². The maximum Gasteiger partial charge on any atom is 0.120 e. The van der Waals surface area contributed by atoms with Crippen molar-refractivity contribution in [2.45, 2.75) is 6.92 Å². The molecule has 0 N–H and O–H groups in total. The highest BCUT2D eigenvalue weighted by molar-refractivity contribution is 5.82. The number of ether oxygens (including phenoxy) is 1. The minimum absolute atomic E-state index is 0.677. The highest BCUT2D eigenvalue weighted by Gasteiger charge is 1.99. The van der Waals surface area contributed by atoms with Crippen LogP contribution in [0, 0.1) is 0 Å². The average Bonchev–Trinajstić information content (AvgIpc) is 2.54. The number of fused-ring (bicyclic) bond motifs is 1. The minimum atomic E-state index is 0.677. The van der Waals surface area contributed by atoms with Gasteiger partial charge >= 0.3 is 0 Å². The molecule has 0 unspecified atom stereocenters. The third-order valence-corrected chi connectivity index (χ3v) is 3.24. The summed E-state index contributed by atoms with van der Waals surface area (Å²) in [7, 11) is 0. The molecule has 0 aliphatic heterocycles. The van der Waals surface area contributed by atoms with Crippen molar-refractivity contribution in [1.82, 2.24) is 4.98 Å². The Kier molecular flexibility index (Phi) is 3.97. The van der Waals surface area contributed by atoms with Crippen LogP contribution in [0.3, 0.4) is 0 Å². The van der Waals surface area contributed by atoms with Crippen LogP contribution in [0.5, 0.6) is 5.75 Å². The van der Waals surface area contributed by atoms with E-state index in [9.17, 15) is 0 Å². The van der Waals surface area contributed by atoms with Crippen molar-refractivity contribution in [3.05, 3.63) is 71.9 Å².